The number of aromatic carboxylic acids is 1. The lowest BCUT2D eigenvalue weighted by molar-refractivity contribution is -0.113. The Labute approximate surface area is 129 Å². The SMILES string of the molecule is COc1cc(NC(=O)CSc2cccs2)ccc1C(=O)O. The Morgan fingerprint density at radius 3 is 2.81 bits per heavy atom. The van der Waals surface area contributed by atoms with Gasteiger partial charge < -0.3 is 15.2 Å². The number of amides is 1. The number of ether oxygens (including phenoxy) is 1. The maximum Gasteiger partial charge on any atom is 0.339 e. The van der Waals surface area contributed by atoms with E-state index in [1.165, 1.54) is 31.0 Å². The van der Waals surface area contributed by atoms with Crippen molar-refractivity contribution in [3.8, 4) is 5.75 Å². The Kier molecular flexibility index (Phi) is 5.24. The predicted octanol–water partition coefficient (Wildman–Crippen LogP) is 3.19. The summed E-state index contributed by atoms with van der Waals surface area (Å²) in [7, 11) is 1.39. The number of hydrogen-bond donors (Lipinski definition) is 2. The van der Waals surface area contributed by atoms with E-state index in [4.69, 9.17) is 9.84 Å². The van der Waals surface area contributed by atoms with Crippen LogP contribution >= 0.6 is 23.1 Å². The number of anilines is 1. The summed E-state index contributed by atoms with van der Waals surface area (Å²) in [6, 6.07) is 8.33. The van der Waals surface area contributed by atoms with Crippen molar-refractivity contribution in [2.45, 2.75) is 4.21 Å². The Bertz CT molecular complexity index is 640. The van der Waals surface area contributed by atoms with Crippen LogP contribution in [0.2, 0.25) is 0 Å². The summed E-state index contributed by atoms with van der Waals surface area (Å²) >= 11 is 3.03. The van der Waals surface area contributed by atoms with Crippen LogP contribution in [0.4, 0.5) is 5.69 Å². The Hall–Kier alpha value is -1.99. The average molecular weight is 323 g/mol. The second-order valence-electron chi connectivity index (χ2n) is 3.99. The molecule has 2 aromatic rings. The highest BCUT2D eigenvalue weighted by atomic mass is 32.2. The molecule has 2 rings (SSSR count). The van der Waals surface area contributed by atoms with E-state index in [1.807, 2.05) is 17.5 Å². The molecule has 0 fully saturated rings. The van der Waals surface area contributed by atoms with Gasteiger partial charge in [0, 0.05) is 11.8 Å². The molecule has 0 aliphatic rings. The summed E-state index contributed by atoms with van der Waals surface area (Å²) < 4.78 is 6.09. The third-order valence-corrected chi connectivity index (χ3v) is 4.69. The summed E-state index contributed by atoms with van der Waals surface area (Å²) in [5, 5.41) is 13.7. The molecule has 0 atom stereocenters. The maximum atomic E-state index is 11.8. The van der Waals surface area contributed by atoms with Crippen LogP contribution in [0.1, 0.15) is 10.4 Å². The van der Waals surface area contributed by atoms with Crippen LogP contribution < -0.4 is 10.1 Å². The molecule has 1 aromatic heterocycles. The topological polar surface area (TPSA) is 75.6 Å². The molecule has 21 heavy (non-hydrogen) atoms. The number of carbonyl (C=O) groups excluding carboxylic acids is 1. The fourth-order valence-corrected chi connectivity index (χ4v) is 3.21. The molecule has 0 unspecified atom stereocenters. The smallest absolute Gasteiger partial charge is 0.339 e. The lowest BCUT2D eigenvalue weighted by Crippen LogP contribution is -2.14. The van der Waals surface area contributed by atoms with Gasteiger partial charge in [-0.1, -0.05) is 6.07 Å². The highest BCUT2D eigenvalue weighted by Gasteiger charge is 2.12. The van der Waals surface area contributed by atoms with E-state index in [0.29, 0.717) is 11.4 Å². The molecule has 2 N–H and O–H groups in total. The number of carbonyl (C=O) groups is 2. The second kappa shape index (κ2) is 7.14. The lowest BCUT2D eigenvalue weighted by atomic mass is 10.2. The van der Waals surface area contributed by atoms with E-state index in [2.05, 4.69) is 5.32 Å². The quantitative estimate of drug-likeness (QED) is 0.799. The number of methoxy groups -OCH3 is 1. The van der Waals surface area contributed by atoms with Crippen molar-refractivity contribution in [1.29, 1.82) is 0 Å². The number of nitrogens with one attached hydrogen (secondary N) is 1. The zero-order chi connectivity index (χ0) is 15.2. The number of benzene rings is 1. The van der Waals surface area contributed by atoms with Gasteiger partial charge in [-0.15, -0.1) is 23.1 Å². The first-order chi connectivity index (χ1) is 10.1. The third-order valence-electron chi connectivity index (χ3n) is 2.56. The molecule has 0 saturated heterocycles. The largest absolute Gasteiger partial charge is 0.496 e. The van der Waals surface area contributed by atoms with Gasteiger partial charge in [-0.3, -0.25) is 4.79 Å². The fraction of sp³-hybridized carbons (Fsp3) is 0.143. The van der Waals surface area contributed by atoms with Gasteiger partial charge in [0.25, 0.3) is 0 Å². The molecule has 0 saturated carbocycles. The van der Waals surface area contributed by atoms with Crippen LogP contribution in [-0.2, 0) is 4.79 Å². The van der Waals surface area contributed by atoms with Crippen LogP contribution in [0, 0.1) is 0 Å². The molecule has 1 amide bonds. The number of carboxylic acids is 1. The van der Waals surface area contributed by atoms with Crippen molar-refractivity contribution in [1.82, 2.24) is 0 Å². The zero-order valence-corrected chi connectivity index (χ0v) is 12.8. The van der Waals surface area contributed by atoms with Gasteiger partial charge in [0.15, 0.2) is 0 Å². The first-order valence-electron chi connectivity index (χ1n) is 5.97. The molecule has 0 radical (unpaired) electrons. The molecule has 5 nitrogen and oxygen atoms in total. The molecule has 0 bridgehead atoms. The molecule has 7 heteroatoms. The number of carboxylic acid groups (broad SMARTS) is 1. The minimum Gasteiger partial charge on any atom is -0.496 e. The van der Waals surface area contributed by atoms with Crippen molar-refractivity contribution < 1.29 is 19.4 Å². The second-order valence-corrected chi connectivity index (χ2v) is 6.21. The first kappa shape index (κ1) is 15.4. The van der Waals surface area contributed by atoms with E-state index < -0.39 is 5.97 Å². The van der Waals surface area contributed by atoms with Crippen LogP contribution in [0.15, 0.2) is 39.9 Å². The minimum absolute atomic E-state index is 0.0588. The van der Waals surface area contributed by atoms with Gasteiger partial charge in [0.05, 0.1) is 17.1 Å². The van der Waals surface area contributed by atoms with E-state index in [1.54, 1.807) is 17.4 Å². The zero-order valence-electron chi connectivity index (χ0n) is 11.2. The van der Waals surface area contributed by atoms with Crippen molar-refractivity contribution in [2.24, 2.45) is 0 Å². The summed E-state index contributed by atoms with van der Waals surface area (Å²) in [5.41, 5.74) is 0.567. The van der Waals surface area contributed by atoms with E-state index in [0.717, 1.165) is 4.21 Å². The molecule has 1 aromatic carbocycles. The van der Waals surface area contributed by atoms with Crippen molar-refractivity contribution in [2.75, 3.05) is 18.2 Å². The van der Waals surface area contributed by atoms with E-state index in [-0.39, 0.29) is 17.2 Å². The van der Waals surface area contributed by atoms with E-state index >= 15 is 0 Å². The maximum absolute atomic E-state index is 11.8. The number of hydrogen-bond acceptors (Lipinski definition) is 5. The fourth-order valence-electron chi connectivity index (χ4n) is 1.63. The average Bonchev–Trinajstić information content (AvgIpc) is 2.98. The Morgan fingerprint density at radius 2 is 2.19 bits per heavy atom. The van der Waals surface area contributed by atoms with Crippen molar-refractivity contribution in [3.05, 3.63) is 41.3 Å². The van der Waals surface area contributed by atoms with Crippen LogP contribution in [-0.4, -0.2) is 29.8 Å². The third kappa shape index (κ3) is 4.24. The van der Waals surface area contributed by atoms with Crippen molar-refractivity contribution in [3.63, 3.8) is 0 Å². The number of thiophene rings is 1. The normalized spacial score (nSPS) is 10.1. The van der Waals surface area contributed by atoms with Gasteiger partial charge in [-0.05, 0) is 23.6 Å². The monoisotopic (exact) mass is 323 g/mol. The molecular weight excluding hydrogens is 310 g/mol. The van der Waals surface area contributed by atoms with Crippen LogP contribution in [0.25, 0.3) is 0 Å². The summed E-state index contributed by atoms with van der Waals surface area (Å²) in [6.45, 7) is 0. The number of thioether (sulfide) groups is 1. The van der Waals surface area contributed by atoms with Gasteiger partial charge in [0.2, 0.25) is 5.91 Å². The van der Waals surface area contributed by atoms with Crippen LogP contribution in [0.5, 0.6) is 5.75 Å². The summed E-state index contributed by atoms with van der Waals surface area (Å²) in [4.78, 5) is 22.8. The summed E-state index contributed by atoms with van der Waals surface area (Å²) in [5.74, 6) is -0.716. The Balaban J connectivity index is 1.99. The van der Waals surface area contributed by atoms with E-state index in [9.17, 15) is 9.59 Å². The molecule has 110 valence electrons. The Morgan fingerprint density at radius 1 is 1.38 bits per heavy atom. The van der Waals surface area contributed by atoms with Crippen molar-refractivity contribution >= 4 is 40.7 Å². The predicted molar refractivity (Wildman–Crippen MR) is 83.6 cm³/mol. The molecule has 0 aliphatic heterocycles. The summed E-state index contributed by atoms with van der Waals surface area (Å²) in [6.07, 6.45) is 0. The van der Waals surface area contributed by atoms with Gasteiger partial charge in [-0.2, -0.15) is 0 Å². The lowest BCUT2D eigenvalue weighted by Gasteiger charge is -2.09. The highest BCUT2D eigenvalue weighted by Crippen LogP contribution is 2.25. The van der Waals surface area contributed by atoms with Gasteiger partial charge >= 0.3 is 5.97 Å². The molecular formula is C14H13NO4S2. The highest BCUT2D eigenvalue weighted by molar-refractivity contribution is 8.01. The number of rotatable bonds is 6. The standard InChI is InChI=1S/C14H13NO4S2/c1-19-11-7-9(4-5-10(11)14(17)18)15-12(16)8-21-13-3-2-6-20-13/h2-7H,8H2,1H3,(H,15,16)(H,17,18). The van der Waals surface area contributed by atoms with Crippen LogP contribution in [0.3, 0.4) is 0 Å². The molecule has 0 aliphatic carbocycles. The minimum atomic E-state index is -1.07. The van der Waals surface area contributed by atoms with Gasteiger partial charge in [0.1, 0.15) is 11.3 Å². The van der Waals surface area contributed by atoms with Gasteiger partial charge in [-0.25, -0.2) is 4.79 Å². The first-order valence-corrected chi connectivity index (χ1v) is 7.84. The molecule has 1 heterocycles. The molecule has 0 spiro atoms.